The highest BCUT2D eigenvalue weighted by Gasteiger charge is 2.45. The summed E-state index contributed by atoms with van der Waals surface area (Å²) in [6, 6.07) is 12.4. The summed E-state index contributed by atoms with van der Waals surface area (Å²) in [5.74, 6) is 1.47. The van der Waals surface area contributed by atoms with Gasteiger partial charge in [0.2, 0.25) is 11.8 Å². The molecule has 4 aliphatic rings. The molecular formula is C49H60N8O8. The number of benzene rings is 3. The topological polar surface area (TPSA) is 204 Å². The van der Waals surface area contributed by atoms with E-state index in [1.807, 2.05) is 56.7 Å². The number of carboxylic acid groups (broad SMARTS) is 1. The molecule has 5 N–H and O–H groups in total. The van der Waals surface area contributed by atoms with Crippen LogP contribution in [-0.4, -0.2) is 102 Å². The van der Waals surface area contributed by atoms with Gasteiger partial charge in [-0.3, -0.25) is 9.59 Å². The molecule has 0 radical (unpaired) electrons. The van der Waals surface area contributed by atoms with Gasteiger partial charge in [0.1, 0.15) is 36.1 Å². The lowest BCUT2D eigenvalue weighted by Crippen LogP contribution is -2.55. The number of fused-ring (bicyclic) bond motifs is 6. The van der Waals surface area contributed by atoms with E-state index in [1.54, 1.807) is 0 Å². The number of hydrogen-bond acceptors (Lipinski definition) is 9. The summed E-state index contributed by atoms with van der Waals surface area (Å²) in [4.78, 5) is 73.5. The molecule has 65 heavy (non-hydrogen) atoms. The molecule has 344 valence electrons. The Bertz CT molecular complexity index is 2630. The number of H-pyrrole nitrogens is 2. The molecule has 16 nitrogen and oxygen atoms in total. The van der Waals surface area contributed by atoms with Crippen molar-refractivity contribution in [3.05, 3.63) is 65.9 Å². The molecule has 0 aliphatic carbocycles. The maximum atomic E-state index is 14.6. The fraction of sp³-hybridized carbons (Fsp3) is 0.510. The molecule has 9 rings (SSSR count). The number of carbonyl (C=O) groups excluding carboxylic acids is 3. The zero-order valence-electron chi connectivity index (χ0n) is 38.1. The van der Waals surface area contributed by atoms with E-state index in [9.17, 15) is 24.3 Å². The average molecular weight is 889 g/mol. The molecule has 3 saturated heterocycles. The minimum atomic E-state index is -1.21. The van der Waals surface area contributed by atoms with E-state index in [-0.39, 0.29) is 60.0 Å². The monoisotopic (exact) mass is 888 g/mol. The van der Waals surface area contributed by atoms with Crippen molar-refractivity contribution in [3.63, 3.8) is 0 Å². The quantitative estimate of drug-likeness (QED) is 0.0906. The number of imidazole rings is 2. The van der Waals surface area contributed by atoms with Gasteiger partial charge in [0, 0.05) is 23.0 Å². The zero-order valence-corrected chi connectivity index (χ0v) is 38.1. The van der Waals surface area contributed by atoms with Gasteiger partial charge in [-0.05, 0) is 124 Å². The SMILES string of the molecule is CC[C@H]1CC[C@@H](c2nc3c(ccc4cc5c(cc43)OCc3cc(-c4cnc([C@@H]6CC[C@H](C)N6C(=O)C(NC(=O)OC)C(C)C)[nH]4)ccc3-5)[nH]2)N1C(=O)C(NC(=O)O)C1C[C@@H](C)O[C@H](C)C1. The largest absolute Gasteiger partial charge is 0.488 e. The summed E-state index contributed by atoms with van der Waals surface area (Å²) in [6.45, 7) is 12.2. The molecule has 6 heterocycles. The lowest BCUT2D eigenvalue weighted by molar-refractivity contribution is -0.141. The van der Waals surface area contributed by atoms with Crippen molar-refractivity contribution in [3.8, 4) is 28.1 Å². The van der Waals surface area contributed by atoms with E-state index in [0.717, 1.165) is 81.2 Å². The third-order valence-electron chi connectivity index (χ3n) is 14.2. The van der Waals surface area contributed by atoms with Gasteiger partial charge in [0.25, 0.3) is 0 Å². The molecule has 0 spiro atoms. The van der Waals surface area contributed by atoms with Gasteiger partial charge in [-0.2, -0.15) is 0 Å². The number of methoxy groups -OCH3 is 1. The number of likely N-dealkylation sites (tertiary alicyclic amines) is 2. The minimum absolute atomic E-state index is 0.0230. The number of alkyl carbamates (subject to hydrolysis) is 1. The summed E-state index contributed by atoms with van der Waals surface area (Å²) < 4.78 is 17.2. The molecule has 4 aliphatic heterocycles. The number of aromatic nitrogens is 4. The molecule has 8 atom stereocenters. The number of nitrogens with one attached hydrogen (secondary N) is 4. The van der Waals surface area contributed by atoms with Crippen LogP contribution in [0.15, 0.2) is 48.7 Å². The number of rotatable bonds is 10. The van der Waals surface area contributed by atoms with E-state index in [1.165, 1.54) is 7.11 Å². The van der Waals surface area contributed by atoms with Crippen molar-refractivity contribution < 1.29 is 38.5 Å². The molecule has 0 bridgehead atoms. The number of amides is 4. The summed E-state index contributed by atoms with van der Waals surface area (Å²) in [7, 11) is 1.29. The second kappa shape index (κ2) is 17.7. The van der Waals surface area contributed by atoms with Crippen LogP contribution in [0.5, 0.6) is 5.75 Å². The Balaban J connectivity index is 0.971. The maximum absolute atomic E-state index is 14.6. The van der Waals surface area contributed by atoms with Gasteiger partial charge in [0.05, 0.1) is 54.3 Å². The molecule has 2 aromatic heterocycles. The number of carbonyl (C=O) groups is 4. The Morgan fingerprint density at radius 1 is 0.892 bits per heavy atom. The Morgan fingerprint density at radius 3 is 2.37 bits per heavy atom. The number of nitrogens with zero attached hydrogens (tertiary/aromatic N) is 4. The van der Waals surface area contributed by atoms with E-state index >= 15 is 0 Å². The summed E-state index contributed by atoms with van der Waals surface area (Å²) in [6.07, 6.45) is 4.83. The normalized spacial score (nSPS) is 25.0. The number of hydrogen-bond donors (Lipinski definition) is 5. The average Bonchev–Trinajstić information content (AvgIpc) is 4.11. The Kier molecular flexibility index (Phi) is 12.0. The van der Waals surface area contributed by atoms with Gasteiger partial charge in [-0.1, -0.05) is 39.0 Å². The van der Waals surface area contributed by atoms with Crippen molar-refractivity contribution in [2.24, 2.45) is 11.8 Å². The van der Waals surface area contributed by atoms with Crippen LogP contribution in [0.2, 0.25) is 0 Å². The van der Waals surface area contributed by atoms with Crippen LogP contribution < -0.4 is 15.4 Å². The van der Waals surface area contributed by atoms with Gasteiger partial charge in [0.15, 0.2) is 0 Å². The van der Waals surface area contributed by atoms with Gasteiger partial charge >= 0.3 is 12.2 Å². The molecule has 16 heteroatoms. The van der Waals surface area contributed by atoms with Gasteiger partial charge in [-0.15, -0.1) is 0 Å². The predicted molar refractivity (Wildman–Crippen MR) is 244 cm³/mol. The summed E-state index contributed by atoms with van der Waals surface area (Å²) in [5, 5.41) is 17.1. The molecule has 3 fully saturated rings. The fourth-order valence-electron chi connectivity index (χ4n) is 11.1. The third kappa shape index (κ3) is 8.25. The first-order valence-corrected chi connectivity index (χ1v) is 23.1. The highest BCUT2D eigenvalue weighted by molar-refractivity contribution is 6.07. The first-order valence-electron chi connectivity index (χ1n) is 23.1. The standard InChI is InChI=1S/C49H60N8O8/c1-8-32-12-16-39(57(32)47(59)42(54-48(60)61)30-17-26(5)65-27(6)18-30)45-51-36-14-11-28-20-35-33-13-10-29(19-31(33)23-64-40(35)21-34(28)43(36)53-45)37-22-50-44(52-37)38-15-9-25(4)56(38)46(58)41(24(2)3)55-49(62)63-7/h10-11,13-14,19-22,24-27,30,32,38-39,41-42,54H,8-9,12,15-18,23H2,1-7H3,(H,50,52)(H,51,53)(H,55,62)(H,60,61)/t25-,26+,27+,32-,38-,39-,41?,42?/m0/s1. The van der Waals surface area contributed by atoms with Crippen molar-refractivity contribution >= 4 is 45.8 Å². The Hall–Kier alpha value is -6.16. The zero-order chi connectivity index (χ0) is 45.8. The molecule has 4 amide bonds. The van der Waals surface area contributed by atoms with Crippen molar-refractivity contribution in [2.45, 2.75) is 142 Å². The highest BCUT2D eigenvalue weighted by atomic mass is 16.5. The maximum Gasteiger partial charge on any atom is 0.407 e. The van der Waals surface area contributed by atoms with Crippen LogP contribution in [0, 0.1) is 11.8 Å². The molecule has 5 aromatic rings. The molecule has 2 unspecified atom stereocenters. The van der Waals surface area contributed by atoms with E-state index in [2.05, 4.69) is 63.9 Å². The summed E-state index contributed by atoms with van der Waals surface area (Å²) in [5.41, 5.74) is 6.50. The minimum Gasteiger partial charge on any atom is -0.488 e. The van der Waals surface area contributed by atoms with E-state index < -0.39 is 24.3 Å². The van der Waals surface area contributed by atoms with E-state index in [4.69, 9.17) is 24.2 Å². The lowest BCUT2D eigenvalue weighted by atomic mass is 9.85. The van der Waals surface area contributed by atoms with Crippen LogP contribution in [0.25, 0.3) is 44.2 Å². The smallest absolute Gasteiger partial charge is 0.407 e. The van der Waals surface area contributed by atoms with Gasteiger partial charge in [-0.25, -0.2) is 19.6 Å². The predicted octanol–water partition coefficient (Wildman–Crippen LogP) is 8.38. The van der Waals surface area contributed by atoms with E-state index in [0.29, 0.717) is 37.5 Å². The molecule has 0 saturated carbocycles. The highest BCUT2D eigenvalue weighted by Crippen LogP contribution is 2.45. The van der Waals surface area contributed by atoms with Crippen LogP contribution in [-0.2, 0) is 25.7 Å². The van der Waals surface area contributed by atoms with Gasteiger partial charge < -0.3 is 49.7 Å². The third-order valence-corrected chi connectivity index (χ3v) is 14.2. The number of ether oxygens (including phenoxy) is 3. The van der Waals surface area contributed by atoms with Crippen LogP contribution in [0.4, 0.5) is 9.59 Å². The first kappa shape index (κ1) is 44.1. The first-order chi connectivity index (χ1) is 31.2. The van der Waals surface area contributed by atoms with Crippen molar-refractivity contribution in [2.75, 3.05) is 7.11 Å². The molecular weight excluding hydrogens is 829 g/mol. The fourth-order valence-corrected chi connectivity index (χ4v) is 11.1. The molecule has 3 aromatic carbocycles. The van der Waals surface area contributed by atoms with Crippen LogP contribution in [0.1, 0.15) is 116 Å². The van der Waals surface area contributed by atoms with Crippen molar-refractivity contribution in [1.82, 2.24) is 40.4 Å². The lowest BCUT2D eigenvalue weighted by Gasteiger charge is -2.39. The van der Waals surface area contributed by atoms with Crippen LogP contribution in [0.3, 0.4) is 0 Å². The number of aromatic amines is 2. The summed E-state index contributed by atoms with van der Waals surface area (Å²) >= 11 is 0. The second-order valence-corrected chi connectivity index (χ2v) is 18.9. The Morgan fingerprint density at radius 2 is 1.65 bits per heavy atom. The Labute approximate surface area is 378 Å². The van der Waals surface area contributed by atoms with Crippen LogP contribution >= 0.6 is 0 Å². The second-order valence-electron chi connectivity index (χ2n) is 18.9. The van der Waals surface area contributed by atoms with Crippen molar-refractivity contribution in [1.29, 1.82) is 0 Å².